The van der Waals surface area contributed by atoms with Crippen LogP contribution in [0.2, 0.25) is 5.02 Å². The van der Waals surface area contributed by atoms with E-state index in [1.807, 2.05) is 11.0 Å². The van der Waals surface area contributed by atoms with Gasteiger partial charge in [0.05, 0.1) is 7.11 Å². The number of carbonyl (C=O) groups excluding carboxylic acids is 2. The van der Waals surface area contributed by atoms with E-state index < -0.39 is 17.8 Å². The molecule has 1 amide bonds. The average Bonchev–Trinajstić information content (AvgIpc) is 2.74. The van der Waals surface area contributed by atoms with Crippen LogP contribution in [0.15, 0.2) is 48.5 Å². The summed E-state index contributed by atoms with van der Waals surface area (Å²) in [6.45, 7) is 1.52. The number of ether oxygens (including phenoxy) is 2. The van der Waals surface area contributed by atoms with E-state index in [0.717, 1.165) is 0 Å². The van der Waals surface area contributed by atoms with Gasteiger partial charge >= 0.3 is 5.97 Å². The topological polar surface area (TPSA) is 59.1 Å². The van der Waals surface area contributed by atoms with E-state index in [9.17, 15) is 14.0 Å². The van der Waals surface area contributed by atoms with Crippen LogP contribution in [0.3, 0.4) is 0 Å². The Labute approximate surface area is 173 Å². The Hall–Kier alpha value is -2.64. The number of halogens is 2. The number of para-hydroxylation sites is 1. The van der Waals surface area contributed by atoms with Gasteiger partial charge < -0.3 is 14.4 Å². The van der Waals surface area contributed by atoms with Crippen LogP contribution in [0.4, 0.5) is 4.39 Å². The Morgan fingerprint density at radius 1 is 1.07 bits per heavy atom. The summed E-state index contributed by atoms with van der Waals surface area (Å²) < 4.78 is 23.9. The molecule has 1 aliphatic heterocycles. The lowest BCUT2D eigenvalue weighted by Crippen LogP contribution is -2.52. The summed E-state index contributed by atoms with van der Waals surface area (Å²) in [7, 11) is 1.34. The summed E-state index contributed by atoms with van der Waals surface area (Å²) in [6.07, 6.45) is 0. The first-order valence-corrected chi connectivity index (χ1v) is 9.60. The van der Waals surface area contributed by atoms with Gasteiger partial charge in [-0.3, -0.25) is 9.69 Å². The number of carbonyl (C=O) groups is 2. The predicted molar refractivity (Wildman–Crippen MR) is 106 cm³/mol. The first kappa shape index (κ1) is 21.1. The van der Waals surface area contributed by atoms with Crippen molar-refractivity contribution in [3.8, 4) is 5.75 Å². The Morgan fingerprint density at radius 2 is 1.72 bits per heavy atom. The molecule has 0 unspecified atom stereocenters. The van der Waals surface area contributed by atoms with Crippen molar-refractivity contribution in [1.82, 2.24) is 9.80 Å². The van der Waals surface area contributed by atoms with Crippen LogP contribution < -0.4 is 4.74 Å². The van der Waals surface area contributed by atoms with E-state index in [2.05, 4.69) is 0 Å². The summed E-state index contributed by atoms with van der Waals surface area (Å²) >= 11 is 6.28. The second kappa shape index (κ2) is 9.71. The molecule has 0 spiro atoms. The number of methoxy groups -OCH3 is 1. The van der Waals surface area contributed by atoms with Gasteiger partial charge in [-0.25, -0.2) is 9.18 Å². The van der Waals surface area contributed by atoms with Crippen LogP contribution in [0.25, 0.3) is 0 Å². The standard InChI is InChI=1S/C21H22ClFN2O4/c1-28-21(27)20(15-6-2-3-7-16(15)22)25-12-10-24(11-13-25)19(26)14-29-18-9-5-4-8-17(18)23/h2-9,20H,10-14H2,1H3/t20-/m1/s1. The maximum atomic E-state index is 13.6. The molecule has 0 aromatic heterocycles. The molecular formula is C21H22ClFN2O4. The summed E-state index contributed by atoms with van der Waals surface area (Å²) in [6, 6.07) is 12.5. The zero-order valence-corrected chi connectivity index (χ0v) is 16.8. The van der Waals surface area contributed by atoms with Crippen molar-refractivity contribution in [2.24, 2.45) is 0 Å². The van der Waals surface area contributed by atoms with Crippen molar-refractivity contribution in [2.45, 2.75) is 6.04 Å². The van der Waals surface area contributed by atoms with E-state index in [0.29, 0.717) is 36.8 Å². The van der Waals surface area contributed by atoms with Crippen molar-refractivity contribution in [1.29, 1.82) is 0 Å². The van der Waals surface area contributed by atoms with Crippen molar-refractivity contribution >= 4 is 23.5 Å². The van der Waals surface area contributed by atoms with E-state index in [4.69, 9.17) is 21.1 Å². The molecule has 8 heteroatoms. The maximum Gasteiger partial charge on any atom is 0.327 e. The van der Waals surface area contributed by atoms with Crippen molar-refractivity contribution < 1.29 is 23.5 Å². The SMILES string of the molecule is COC(=O)[C@@H](c1ccccc1Cl)N1CCN(C(=O)COc2ccccc2F)CC1. The zero-order chi connectivity index (χ0) is 20.8. The minimum Gasteiger partial charge on any atom is -0.481 e. The molecule has 0 saturated carbocycles. The molecule has 0 N–H and O–H groups in total. The van der Waals surface area contributed by atoms with Gasteiger partial charge in [0.1, 0.15) is 6.04 Å². The maximum absolute atomic E-state index is 13.6. The highest BCUT2D eigenvalue weighted by Crippen LogP contribution is 2.29. The molecule has 1 fully saturated rings. The van der Waals surface area contributed by atoms with Gasteiger partial charge in [-0.2, -0.15) is 0 Å². The summed E-state index contributed by atoms with van der Waals surface area (Å²) in [5, 5.41) is 0.486. The lowest BCUT2D eigenvalue weighted by atomic mass is 10.0. The van der Waals surface area contributed by atoms with Gasteiger partial charge in [-0.1, -0.05) is 41.9 Å². The fourth-order valence-electron chi connectivity index (χ4n) is 3.30. The van der Waals surface area contributed by atoms with Crippen LogP contribution in [0, 0.1) is 5.82 Å². The van der Waals surface area contributed by atoms with Crippen molar-refractivity contribution in [2.75, 3.05) is 39.9 Å². The number of piperazine rings is 1. The normalized spacial score (nSPS) is 15.6. The van der Waals surface area contributed by atoms with Crippen LogP contribution in [0.1, 0.15) is 11.6 Å². The molecule has 154 valence electrons. The molecule has 6 nitrogen and oxygen atoms in total. The highest BCUT2D eigenvalue weighted by molar-refractivity contribution is 6.31. The highest BCUT2D eigenvalue weighted by atomic mass is 35.5. The van der Waals surface area contributed by atoms with E-state index >= 15 is 0 Å². The van der Waals surface area contributed by atoms with E-state index in [1.165, 1.54) is 19.2 Å². The molecule has 3 rings (SSSR count). The van der Waals surface area contributed by atoms with Gasteiger partial charge in [-0.05, 0) is 23.8 Å². The van der Waals surface area contributed by atoms with E-state index in [-0.39, 0.29) is 18.3 Å². The van der Waals surface area contributed by atoms with Crippen LogP contribution in [0.5, 0.6) is 5.75 Å². The number of hydrogen-bond donors (Lipinski definition) is 0. The average molecular weight is 421 g/mol. The van der Waals surface area contributed by atoms with Crippen molar-refractivity contribution in [3.05, 3.63) is 64.9 Å². The molecule has 1 atom stereocenters. The van der Waals surface area contributed by atoms with Gasteiger partial charge in [0.25, 0.3) is 5.91 Å². The summed E-state index contributed by atoms with van der Waals surface area (Å²) in [5.41, 5.74) is 0.670. The molecule has 1 heterocycles. The number of hydrogen-bond acceptors (Lipinski definition) is 5. The molecule has 2 aromatic rings. The molecule has 0 aliphatic carbocycles. The minimum atomic E-state index is -0.638. The smallest absolute Gasteiger partial charge is 0.327 e. The molecule has 1 saturated heterocycles. The molecule has 0 bridgehead atoms. The lowest BCUT2D eigenvalue weighted by molar-refractivity contribution is -0.148. The van der Waals surface area contributed by atoms with Crippen molar-refractivity contribution in [3.63, 3.8) is 0 Å². The first-order chi connectivity index (χ1) is 14.0. The van der Waals surface area contributed by atoms with Crippen LogP contribution >= 0.6 is 11.6 Å². The fourth-order valence-corrected chi connectivity index (χ4v) is 3.54. The van der Waals surface area contributed by atoms with Gasteiger partial charge in [0, 0.05) is 31.2 Å². The lowest BCUT2D eigenvalue weighted by Gasteiger charge is -2.38. The third-order valence-electron chi connectivity index (χ3n) is 4.84. The third-order valence-corrected chi connectivity index (χ3v) is 5.19. The highest BCUT2D eigenvalue weighted by Gasteiger charge is 2.33. The number of rotatable bonds is 6. The van der Waals surface area contributed by atoms with Crippen LogP contribution in [-0.4, -0.2) is 61.6 Å². The number of nitrogens with zero attached hydrogens (tertiary/aromatic N) is 2. The Balaban J connectivity index is 1.61. The van der Waals surface area contributed by atoms with Gasteiger partial charge in [0.2, 0.25) is 0 Å². The summed E-state index contributed by atoms with van der Waals surface area (Å²) in [4.78, 5) is 28.4. The van der Waals surface area contributed by atoms with Gasteiger partial charge in [0.15, 0.2) is 18.2 Å². The van der Waals surface area contributed by atoms with E-state index in [1.54, 1.807) is 35.2 Å². The number of esters is 1. The third kappa shape index (κ3) is 5.05. The van der Waals surface area contributed by atoms with Gasteiger partial charge in [-0.15, -0.1) is 0 Å². The minimum absolute atomic E-state index is 0.0453. The predicted octanol–water partition coefficient (Wildman–Crippen LogP) is 2.92. The first-order valence-electron chi connectivity index (χ1n) is 9.22. The molecule has 2 aromatic carbocycles. The van der Waals surface area contributed by atoms with Crippen LogP contribution in [-0.2, 0) is 14.3 Å². The largest absolute Gasteiger partial charge is 0.481 e. The monoisotopic (exact) mass is 420 g/mol. The molecular weight excluding hydrogens is 399 g/mol. The number of amides is 1. The second-order valence-electron chi connectivity index (χ2n) is 6.58. The molecule has 1 aliphatic rings. The quantitative estimate of drug-likeness (QED) is 0.672. The fraction of sp³-hybridized carbons (Fsp3) is 0.333. The second-order valence-corrected chi connectivity index (χ2v) is 6.99. The Kier molecular flexibility index (Phi) is 7.06. The molecule has 29 heavy (non-hydrogen) atoms. The number of benzene rings is 2. The molecule has 0 radical (unpaired) electrons. The Bertz CT molecular complexity index is 871. The summed E-state index contributed by atoms with van der Waals surface area (Å²) in [5.74, 6) is -1.10. The zero-order valence-electron chi connectivity index (χ0n) is 16.0. The Morgan fingerprint density at radius 3 is 2.38 bits per heavy atom.